The van der Waals surface area contributed by atoms with Gasteiger partial charge >= 0.3 is 0 Å². The van der Waals surface area contributed by atoms with E-state index in [0.29, 0.717) is 5.92 Å². The summed E-state index contributed by atoms with van der Waals surface area (Å²) in [4.78, 5) is 4.63. The molecule has 0 fully saturated rings. The van der Waals surface area contributed by atoms with Crippen molar-refractivity contribution in [1.29, 1.82) is 0 Å². The van der Waals surface area contributed by atoms with Crippen molar-refractivity contribution < 1.29 is 0 Å². The average molecular weight is 249 g/mol. The van der Waals surface area contributed by atoms with Gasteiger partial charge in [0.2, 0.25) is 0 Å². The molecule has 0 aliphatic rings. The fourth-order valence-electron chi connectivity index (χ4n) is 1.91. The van der Waals surface area contributed by atoms with E-state index in [2.05, 4.69) is 55.9 Å². The summed E-state index contributed by atoms with van der Waals surface area (Å²) in [7, 11) is 4.22. The van der Waals surface area contributed by atoms with Crippen LogP contribution < -0.4 is 10.6 Å². The summed E-state index contributed by atoms with van der Waals surface area (Å²) in [6.07, 6.45) is 0. The molecule has 0 aliphatic heterocycles. The Bertz CT molecular complexity index is 372. The van der Waals surface area contributed by atoms with Crippen molar-refractivity contribution in [3.63, 3.8) is 0 Å². The van der Waals surface area contributed by atoms with Gasteiger partial charge in [-0.25, -0.2) is 0 Å². The first-order valence-corrected chi connectivity index (χ1v) is 6.66. The highest BCUT2D eigenvalue weighted by molar-refractivity contribution is 5.59. The second-order valence-corrected chi connectivity index (χ2v) is 5.68. The van der Waals surface area contributed by atoms with Crippen LogP contribution in [0.5, 0.6) is 0 Å². The molecule has 1 rings (SSSR count). The fraction of sp³-hybridized carbons (Fsp3) is 0.600. The monoisotopic (exact) mass is 249 g/mol. The van der Waals surface area contributed by atoms with Gasteiger partial charge in [-0.3, -0.25) is 0 Å². The Kier molecular flexibility index (Phi) is 5.48. The van der Waals surface area contributed by atoms with E-state index in [0.717, 1.165) is 30.9 Å². The Balaban J connectivity index is 2.83. The number of hydrogen-bond donors (Lipinski definition) is 1. The second-order valence-electron chi connectivity index (χ2n) is 5.68. The molecule has 0 bridgehead atoms. The first-order valence-electron chi connectivity index (χ1n) is 6.66. The fourth-order valence-corrected chi connectivity index (χ4v) is 1.91. The Labute approximate surface area is 112 Å². The molecule has 1 aromatic carbocycles. The van der Waals surface area contributed by atoms with Gasteiger partial charge in [-0.15, -0.1) is 0 Å². The molecule has 0 atom stereocenters. The number of anilines is 2. The molecule has 2 N–H and O–H groups in total. The number of hydrogen-bond acceptors (Lipinski definition) is 3. The number of nitrogens with two attached hydrogens (primary N) is 1. The van der Waals surface area contributed by atoms with Gasteiger partial charge in [0.05, 0.1) is 0 Å². The average Bonchev–Trinajstić information content (AvgIpc) is 2.27. The van der Waals surface area contributed by atoms with E-state index in [1.165, 1.54) is 5.69 Å². The number of nitrogen functional groups attached to an aromatic ring is 1. The maximum atomic E-state index is 6.01. The summed E-state index contributed by atoms with van der Waals surface area (Å²) in [6, 6.07) is 6.37. The molecule has 0 aliphatic carbocycles. The molecule has 0 radical (unpaired) electrons. The van der Waals surface area contributed by atoms with E-state index in [-0.39, 0.29) is 0 Å². The van der Waals surface area contributed by atoms with Crippen LogP contribution in [0.3, 0.4) is 0 Å². The molecule has 0 saturated heterocycles. The van der Waals surface area contributed by atoms with Crippen molar-refractivity contribution in [1.82, 2.24) is 4.90 Å². The first-order chi connectivity index (χ1) is 8.40. The third kappa shape index (κ3) is 4.57. The highest BCUT2D eigenvalue weighted by Crippen LogP contribution is 2.21. The third-order valence-corrected chi connectivity index (χ3v) is 3.03. The minimum absolute atomic E-state index is 0.648. The lowest BCUT2D eigenvalue weighted by Gasteiger charge is -2.28. The number of nitrogens with zero attached hydrogens (tertiary/aromatic N) is 2. The van der Waals surface area contributed by atoms with Crippen molar-refractivity contribution in [3.8, 4) is 0 Å². The summed E-state index contributed by atoms with van der Waals surface area (Å²) < 4.78 is 0. The Morgan fingerprint density at radius 3 is 2.33 bits per heavy atom. The summed E-state index contributed by atoms with van der Waals surface area (Å²) in [6.45, 7) is 9.71. The zero-order chi connectivity index (χ0) is 13.7. The van der Waals surface area contributed by atoms with Crippen LogP contribution in [0.25, 0.3) is 0 Å². The van der Waals surface area contributed by atoms with Crippen molar-refractivity contribution >= 4 is 11.4 Å². The highest BCUT2D eigenvalue weighted by Gasteiger charge is 2.10. The summed E-state index contributed by atoms with van der Waals surface area (Å²) >= 11 is 0. The number of likely N-dealkylation sites (N-methyl/N-ethyl adjacent to an activating group) is 1. The van der Waals surface area contributed by atoms with Crippen molar-refractivity contribution in [2.24, 2.45) is 5.92 Å². The van der Waals surface area contributed by atoms with Crippen LogP contribution in [0.2, 0.25) is 0 Å². The second kappa shape index (κ2) is 6.64. The smallest absolute Gasteiger partial charge is 0.0387 e. The molecule has 0 saturated carbocycles. The zero-order valence-corrected chi connectivity index (χ0v) is 12.4. The molecule has 0 unspecified atom stereocenters. The van der Waals surface area contributed by atoms with E-state index in [4.69, 9.17) is 5.73 Å². The number of aryl methyl sites for hydroxylation is 1. The van der Waals surface area contributed by atoms with Crippen molar-refractivity contribution in [2.45, 2.75) is 20.8 Å². The lowest BCUT2D eigenvalue weighted by molar-refractivity contribution is 0.409. The molecule has 102 valence electrons. The van der Waals surface area contributed by atoms with Crippen LogP contribution in [-0.4, -0.2) is 38.6 Å². The summed E-state index contributed by atoms with van der Waals surface area (Å²) in [5, 5.41) is 0. The molecular weight excluding hydrogens is 222 g/mol. The lowest BCUT2D eigenvalue weighted by atomic mass is 10.1. The van der Waals surface area contributed by atoms with Crippen molar-refractivity contribution in [3.05, 3.63) is 23.8 Å². The highest BCUT2D eigenvalue weighted by atomic mass is 15.2. The predicted octanol–water partition coefficient (Wildman–Crippen LogP) is 2.60. The first kappa shape index (κ1) is 14.8. The molecule has 3 heteroatoms. The van der Waals surface area contributed by atoms with Crippen LogP contribution in [-0.2, 0) is 0 Å². The van der Waals surface area contributed by atoms with Gasteiger partial charge in [-0.05, 0) is 44.6 Å². The summed E-state index contributed by atoms with van der Waals surface area (Å²) in [5.41, 5.74) is 9.27. The normalized spacial score (nSPS) is 11.3. The van der Waals surface area contributed by atoms with Crippen LogP contribution in [0.1, 0.15) is 19.4 Å². The van der Waals surface area contributed by atoms with Gasteiger partial charge in [0.15, 0.2) is 0 Å². The number of rotatable bonds is 6. The SMILES string of the molecule is Cc1ccc(N(CCN(C)C)CC(C)C)cc1N. The molecule has 0 heterocycles. The van der Waals surface area contributed by atoms with E-state index < -0.39 is 0 Å². The van der Waals surface area contributed by atoms with Crippen LogP contribution in [0.4, 0.5) is 11.4 Å². The summed E-state index contributed by atoms with van der Waals surface area (Å²) in [5.74, 6) is 0.648. The van der Waals surface area contributed by atoms with E-state index in [9.17, 15) is 0 Å². The maximum absolute atomic E-state index is 6.01. The van der Waals surface area contributed by atoms with Gasteiger partial charge in [-0.1, -0.05) is 19.9 Å². The van der Waals surface area contributed by atoms with Gasteiger partial charge in [0, 0.05) is 31.0 Å². The topological polar surface area (TPSA) is 32.5 Å². The van der Waals surface area contributed by atoms with Gasteiger partial charge in [0.25, 0.3) is 0 Å². The minimum Gasteiger partial charge on any atom is -0.398 e. The molecule has 3 nitrogen and oxygen atoms in total. The minimum atomic E-state index is 0.648. The van der Waals surface area contributed by atoms with Gasteiger partial charge in [0.1, 0.15) is 0 Å². The molecule has 0 spiro atoms. The van der Waals surface area contributed by atoms with Crippen LogP contribution in [0, 0.1) is 12.8 Å². The predicted molar refractivity (Wildman–Crippen MR) is 81.2 cm³/mol. The standard InChI is InChI=1S/C15H27N3/c1-12(2)11-18(9-8-17(4)5)14-7-6-13(3)15(16)10-14/h6-7,10,12H,8-9,11,16H2,1-5H3. The molecule has 0 aromatic heterocycles. The van der Waals surface area contributed by atoms with Crippen LogP contribution in [0.15, 0.2) is 18.2 Å². The van der Waals surface area contributed by atoms with Crippen molar-refractivity contribution in [2.75, 3.05) is 44.4 Å². The molecular formula is C15H27N3. The van der Waals surface area contributed by atoms with Gasteiger partial charge in [-0.2, -0.15) is 0 Å². The quantitative estimate of drug-likeness (QED) is 0.787. The Morgan fingerprint density at radius 1 is 1.17 bits per heavy atom. The molecule has 0 amide bonds. The van der Waals surface area contributed by atoms with E-state index >= 15 is 0 Å². The third-order valence-electron chi connectivity index (χ3n) is 3.03. The van der Waals surface area contributed by atoms with E-state index in [1.807, 2.05) is 6.92 Å². The molecule has 18 heavy (non-hydrogen) atoms. The van der Waals surface area contributed by atoms with Crippen LogP contribution >= 0.6 is 0 Å². The largest absolute Gasteiger partial charge is 0.398 e. The molecule has 1 aromatic rings. The Hall–Kier alpha value is -1.22. The zero-order valence-electron chi connectivity index (χ0n) is 12.4. The van der Waals surface area contributed by atoms with E-state index in [1.54, 1.807) is 0 Å². The van der Waals surface area contributed by atoms with Gasteiger partial charge < -0.3 is 15.5 Å². The number of benzene rings is 1. The maximum Gasteiger partial charge on any atom is 0.0387 e. The lowest BCUT2D eigenvalue weighted by Crippen LogP contribution is -2.34. The Morgan fingerprint density at radius 2 is 1.83 bits per heavy atom.